The van der Waals surface area contributed by atoms with Crippen molar-refractivity contribution >= 4 is 5.97 Å². The van der Waals surface area contributed by atoms with Gasteiger partial charge in [0.1, 0.15) is 11.9 Å². The van der Waals surface area contributed by atoms with Crippen LogP contribution in [0.4, 0.5) is 4.39 Å². The Bertz CT molecular complexity index is 525. The average Bonchev–Trinajstić information content (AvgIpc) is 2.41. The zero-order chi connectivity index (χ0) is 13.8. The third-order valence-electron chi connectivity index (χ3n) is 3.41. The van der Waals surface area contributed by atoms with Crippen molar-refractivity contribution < 1.29 is 14.3 Å². The van der Waals surface area contributed by atoms with Crippen LogP contribution in [0.1, 0.15) is 24.0 Å². The number of carboxylic acids is 1. The molecule has 1 heterocycles. The second-order valence-corrected chi connectivity index (χ2v) is 4.84. The van der Waals surface area contributed by atoms with Crippen LogP contribution in [0.2, 0.25) is 0 Å². The minimum absolute atomic E-state index is 0.0318. The van der Waals surface area contributed by atoms with Gasteiger partial charge in [0.25, 0.3) is 0 Å². The van der Waals surface area contributed by atoms with Gasteiger partial charge < -0.3 is 5.11 Å². The second-order valence-electron chi connectivity index (χ2n) is 4.84. The number of carbonyl (C=O) groups is 1. The molecule has 1 aromatic carbocycles. The molecule has 19 heavy (non-hydrogen) atoms. The van der Waals surface area contributed by atoms with Gasteiger partial charge in [-0.15, -0.1) is 0 Å². The van der Waals surface area contributed by atoms with Crippen LogP contribution in [-0.2, 0) is 11.3 Å². The second kappa shape index (κ2) is 5.81. The van der Waals surface area contributed by atoms with Gasteiger partial charge in [0.05, 0.1) is 11.5 Å². The van der Waals surface area contributed by atoms with Crippen LogP contribution >= 0.6 is 0 Å². The Morgan fingerprint density at radius 2 is 2.37 bits per heavy atom. The van der Waals surface area contributed by atoms with E-state index in [-0.39, 0.29) is 11.5 Å². The van der Waals surface area contributed by atoms with E-state index in [4.69, 9.17) is 10.4 Å². The Kier molecular flexibility index (Phi) is 4.13. The lowest BCUT2D eigenvalue weighted by atomic mass is 9.97. The van der Waals surface area contributed by atoms with E-state index < -0.39 is 11.8 Å². The summed E-state index contributed by atoms with van der Waals surface area (Å²) in [6.07, 6.45) is 1.56. The largest absolute Gasteiger partial charge is 0.481 e. The fourth-order valence-electron chi connectivity index (χ4n) is 2.42. The third kappa shape index (κ3) is 3.30. The molecule has 5 heteroatoms. The zero-order valence-electron chi connectivity index (χ0n) is 10.5. The molecule has 1 aliphatic heterocycles. The molecule has 0 aliphatic carbocycles. The zero-order valence-corrected chi connectivity index (χ0v) is 10.5. The first kappa shape index (κ1) is 13.5. The molecule has 1 saturated heterocycles. The molecule has 0 radical (unpaired) electrons. The van der Waals surface area contributed by atoms with Crippen molar-refractivity contribution in [1.29, 1.82) is 5.26 Å². The van der Waals surface area contributed by atoms with Gasteiger partial charge in [0.2, 0.25) is 0 Å². The molecule has 0 saturated carbocycles. The predicted molar refractivity (Wildman–Crippen MR) is 66.8 cm³/mol. The molecule has 1 unspecified atom stereocenters. The lowest BCUT2D eigenvalue weighted by Gasteiger charge is -2.30. The first-order valence-electron chi connectivity index (χ1n) is 6.24. The quantitative estimate of drug-likeness (QED) is 0.904. The molecule has 1 aromatic rings. The Morgan fingerprint density at radius 3 is 3.05 bits per heavy atom. The molecular weight excluding hydrogens is 247 g/mol. The van der Waals surface area contributed by atoms with Crippen LogP contribution in [0.25, 0.3) is 0 Å². The van der Waals surface area contributed by atoms with Crippen LogP contribution in [0.5, 0.6) is 0 Å². The smallest absolute Gasteiger partial charge is 0.307 e. The maximum atomic E-state index is 13.2. The van der Waals surface area contributed by atoms with E-state index in [9.17, 15) is 9.18 Å². The fraction of sp³-hybridized carbons (Fsp3) is 0.429. The summed E-state index contributed by atoms with van der Waals surface area (Å²) >= 11 is 0. The average molecular weight is 262 g/mol. The molecule has 0 amide bonds. The Balaban J connectivity index is 2.05. The Labute approximate surface area is 111 Å². The van der Waals surface area contributed by atoms with Gasteiger partial charge >= 0.3 is 5.97 Å². The molecule has 1 aliphatic rings. The standard InChI is InChI=1S/C14H15FN2O2/c15-13-4-3-10(6-12(13)7-16)8-17-5-1-2-11(9-17)14(18)19/h3-4,6,11H,1-2,5,8-9H2,(H,18,19). The van der Waals surface area contributed by atoms with Crippen LogP contribution in [0, 0.1) is 23.1 Å². The van der Waals surface area contributed by atoms with E-state index in [1.807, 2.05) is 11.0 Å². The number of nitrogens with zero attached hydrogens (tertiary/aromatic N) is 2. The first-order valence-corrected chi connectivity index (χ1v) is 6.24. The number of nitriles is 1. The summed E-state index contributed by atoms with van der Waals surface area (Å²) in [6, 6.07) is 6.26. The lowest BCUT2D eigenvalue weighted by Crippen LogP contribution is -2.38. The van der Waals surface area contributed by atoms with Crippen LogP contribution in [0.3, 0.4) is 0 Å². The van der Waals surface area contributed by atoms with Crippen molar-refractivity contribution in [3.63, 3.8) is 0 Å². The number of aliphatic carboxylic acids is 1. The van der Waals surface area contributed by atoms with Crippen molar-refractivity contribution in [2.45, 2.75) is 19.4 Å². The molecule has 0 aromatic heterocycles. The summed E-state index contributed by atoms with van der Waals surface area (Å²) < 4.78 is 13.2. The minimum Gasteiger partial charge on any atom is -0.481 e. The van der Waals surface area contributed by atoms with E-state index in [1.165, 1.54) is 12.1 Å². The summed E-state index contributed by atoms with van der Waals surface area (Å²) in [5.74, 6) is -1.61. The fourth-order valence-corrected chi connectivity index (χ4v) is 2.42. The summed E-state index contributed by atoms with van der Waals surface area (Å²) in [7, 11) is 0. The number of carboxylic acid groups (broad SMARTS) is 1. The van der Waals surface area contributed by atoms with Crippen LogP contribution in [0.15, 0.2) is 18.2 Å². The summed E-state index contributed by atoms with van der Waals surface area (Å²) in [5.41, 5.74) is 0.869. The summed E-state index contributed by atoms with van der Waals surface area (Å²) in [6.45, 7) is 1.90. The van der Waals surface area contributed by atoms with E-state index >= 15 is 0 Å². The van der Waals surface area contributed by atoms with E-state index in [0.717, 1.165) is 18.5 Å². The van der Waals surface area contributed by atoms with E-state index in [2.05, 4.69) is 0 Å². The van der Waals surface area contributed by atoms with Gasteiger partial charge in [-0.05, 0) is 37.1 Å². The maximum Gasteiger partial charge on any atom is 0.307 e. The highest BCUT2D eigenvalue weighted by Gasteiger charge is 2.25. The molecule has 0 bridgehead atoms. The highest BCUT2D eigenvalue weighted by Crippen LogP contribution is 2.19. The van der Waals surface area contributed by atoms with Crippen molar-refractivity contribution in [2.24, 2.45) is 5.92 Å². The predicted octanol–water partition coefficient (Wildman–Crippen LogP) is 1.99. The molecule has 1 N–H and O–H groups in total. The number of rotatable bonds is 3. The minimum atomic E-state index is -0.762. The number of benzene rings is 1. The molecule has 1 fully saturated rings. The highest BCUT2D eigenvalue weighted by atomic mass is 19.1. The number of hydrogen-bond acceptors (Lipinski definition) is 3. The number of hydrogen-bond donors (Lipinski definition) is 1. The number of likely N-dealkylation sites (tertiary alicyclic amines) is 1. The van der Waals surface area contributed by atoms with Crippen molar-refractivity contribution in [3.05, 3.63) is 35.1 Å². The molecule has 100 valence electrons. The van der Waals surface area contributed by atoms with Crippen molar-refractivity contribution in [2.75, 3.05) is 13.1 Å². The van der Waals surface area contributed by atoms with Gasteiger partial charge in [-0.3, -0.25) is 9.69 Å². The lowest BCUT2D eigenvalue weighted by molar-refractivity contribution is -0.143. The van der Waals surface area contributed by atoms with Crippen LogP contribution < -0.4 is 0 Å². The molecule has 0 spiro atoms. The number of piperidine rings is 1. The van der Waals surface area contributed by atoms with Crippen molar-refractivity contribution in [3.8, 4) is 6.07 Å². The van der Waals surface area contributed by atoms with Gasteiger partial charge in [-0.2, -0.15) is 5.26 Å². The van der Waals surface area contributed by atoms with Gasteiger partial charge in [0.15, 0.2) is 0 Å². The highest BCUT2D eigenvalue weighted by molar-refractivity contribution is 5.70. The summed E-state index contributed by atoms with van der Waals surface area (Å²) in [5, 5.41) is 17.8. The van der Waals surface area contributed by atoms with Crippen molar-refractivity contribution in [1.82, 2.24) is 4.90 Å². The first-order chi connectivity index (χ1) is 9.10. The van der Waals surface area contributed by atoms with Gasteiger partial charge in [0, 0.05) is 13.1 Å². The molecule has 2 rings (SSSR count). The third-order valence-corrected chi connectivity index (χ3v) is 3.41. The number of halogens is 1. The Morgan fingerprint density at radius 1 is 1.58 bits per heavy atom. The molecule has 4 nitrogen and oxygen atoms in total. The normalized spacial score (nSPS) is 19.9. The van der Waals surface area contributed by atoms with Crippen LogP contribution in [-0.4, -0.2) is 29.1 Å². The summed E-state index contributed by atoms with van der Waals surface area (Å²) in [4.78, 5) is 13.0. The van der Waals surface area contributed by atoms with Gasteiger partial charge in [-0.1, -0.05) is 6.07 Å². The van der Waals surface area contributed by atoms with Gasteiger partial charge in [-0.25, -0.2) is 4.39 Å². The Hall–Kier alpha value is -1.93. The van der Waals surface area contributed by atoms with E-state index in [0.29, 0.717) is 19.5 Å². The molecular formula is C14H15FN2O2. The topological polar surface area (TPSA) is 64.3 Å². The maximum absolute atomic E-state index is 13.2. The molecule has 1 atom stereocenters. The SMILES string of the molecule is N#Cc1cc(CN2CCCC(C(=O)O)C2)ccc1F. The van der Waals surface area contributed by atoms with E-state index in [1.54, 1.807) is 6.07 Å². The monoisotopic (exact) mass is 262 g/mol.